The van der Waals surface area contributed by atoms with Crippen LogP contribution in [-0.4, -0.2) is 44.9 Å². The predicted octanol–water partition coefficient (Wildman–Crippen LogP) is 1.24. The molecule has 1 aromatic heterocycles. The minimum Gasteiger partial charge on any atom is -0.478 e. The van der Waals surface area contributed by atoms with Crippen LogP contribution in [0, 0.1) is 10.1 Å². The van der Waals surface area contributed by atoms with Crippen molar-refractivity contribution in [3.63, 3.8) is 0 Å². The third-order valence-electron chi connectivity index (χ3n) is 4.29. The number of aromatic nitrogens is 2. The topological polar surface area (TPSA) is 117 Å². The van der Waals surface area contributed by atoms with Gasteiger partial charge in [-0.2, -0.15) is 0 Å². The van der Waals surface area contributed by atoms with Crippen LogP contribution in [-0.2, 0) is 7.05 Å². The Morgan fingerprint density at radius 2 is 2.07 bits per heavy atom. The van der Waals surface area contributed by atoms with Crippen molar-refractivity contribution in [3.05, 3.63) is 56.4 Å². The van der Waals surface area contributed by atoms with Crippen molar-refractivity contribution in [2.45, 2.75) is 17.8 Å². The second kappa shape index (κ2) is 6.91. The number of nitro groups is 1. The number of hydrogen-bond acceptors (Lipinski definition) is 7. The zero-order chi connectivity index (χ0) is 19.8. The number of fused-ring (bicyclic) bond motifs is 1. The molecule has 2 atom stereocenters. The smallest absolute Gasteiger partial charge is 0.270 e. The Kier molecular flexibility index (Phi) is 4.79. The molecule has 2 aromatic rings. The maximum atomic E-state index is 13.6. The first-order chi connectivity index (χ1) is 12.8. The highest BCUT2D eigenvalue weighted by atomic mass is 19.1. The highest BCUT2D eigenvalue weighted by Gasteiger charge is 2.52. The molecule has 3 rings (SSSR count). The first-order valence-electron chi connectivity index (χ1n) is 7.79. The Balaban J connectivity index is 2.10. The number of ether oxygens (including phenoxy) is 2. The van der Waals surface area contributed by atoms with Crippen LogP contribution in [0.1, 0.15) is 11.7 Å². The first-order valence-corrected chi connectivity index (χ1v) is 7.79. The summed E-state index contributed by atoms with van der Waals surface area (Å²) in [4.78, 5) is 21.8. The van der Waals surface area contributed by atoms with Crippen molar-refractivity contribution in [1.29, 1.82) is 0 Å². The molecule has 0 amide bonds. The van der Waals surface area contributed by atoms with Gasteiger partial charge in [-0.15, -0.1) is 5.10 Å². The monoisotopic (exact) mass is 383 g/mol. The Hall–Kier alpha value is -3.08. The molecule has 0 aliphatic carbocycles. The van der Waals surface area contributed by atoms with E-state index in [0.717, 1.165) is 22.9 Å². The summed E-state index contributed by atoms with van der Waals surface area (Å²) in [5.41, 5.74) is -2.94. The molecule has 1 N–H and O–H groups in total. The molecular weight excluding hydrogens is 368 g/mol. The summed E-state index contributed by atoms with van der Waals surface area (Å²) in [6.45, 7) is -2.72. The minimum absolute atomic E-state index is 0.0323. The molecular formula is C16H15F2N3O6. The predicted molar refractivity (Wildman–Crippen MR) is 87.3 cm³/mol. The molecule has 1 aliphatic rings. The molecule has 1 aliphatic heterocycles. The van der Waals surface area contributed by atoms with Gasteiger partial charge in [0.2, 0.25) is 5.88 Å². The number of rotatable bonds is 5. The van der Waals surface area contributed by atoms with Gasteiger partial charge in [0, 0.05) is 36.9 Å². The number of nitrogens with zero attached hydrogens (tertiary/aromatic N) is 3. The molecule has 0 unspecified atom stereocenters. The van der Waals surface area contributed by atoms with Gasteiger partial charge < -0.3 is 14.6 Å². The van der Waals surface area contributed by atoms with E-state index >= 15 is 0 Å². The van der Waals surface area contributed by atoms with E-state index in [4.69, 9.17) is 9.47 Å². The number of aliphatic hydroxyl groups excluding tert-OH is 1. The second-order valence-electron chi connectivity index (χ2n) is 6.03. The highest BCUT2D eigenvalue weighted by molar-refractivity contribution is 5.48. The zero-order valence-corrected chi connectivity index (χ0v) is 14.0. The van der Waals surface area contributed by atoms with Crippen molar-refractivity contribution in [2.75, 3.05) is 13.3 Å². The van der Waals surface area contributed by atoms with E-state index in [-0.39, 0.29) is 22.9 Å². The number of aryl methyl sites for hydroxylation is 1. The number of alkyl halides is 2. The standard InChI is InChI=1S/C16H15F2N3O6/c1-20-13(22)5-4-12(19-20)26-14-10-6-9(21(24)25)2-3-11(10)27-16(7-17,8-18)15(14)23/h2-6,14-15,23H,7-8H2,1H3/t14-,15+/m1/s1. The molecule has 0 radical (unpaired) electrons. The van der Waals surface area contributed by atoms with Gasteiger partial charge in [-0.1, -0.05) is 0 Å². The van der Waals surface area contributed by atoms with Crippen molar-refractivity contribution < 1.29 is 28.3 Å². The van der Waals surface area contributed by atoms with E-state index in [9.17, 15) is 28.8 Å². The molecule has 144 valence electrons. The average molecular weight is 383 g/mol. The van der Waals surface area contributed by atoms with Crippen molar-refractivity contribution in [3.8, 4) is 11.6 Å². The van der Waals surface area contributed by atoms with Crippen LogP contribution in [0.2, 0.25) is 0 Å². The van der Waals surface area contributed by atoms with Crippen LogP contribution in [0.15, 0.2) is 35.1 Å². The molecule has 0 bridgehead atoms. The fraction of sp³-hybridized carbons (Fsp3) is 0.375. The Labute approximate surface area is 150 Å². The summed E-state index contributed by atoms with van der Waals surface area (Å²) in [6, 6.07) is 5.75. The van der Waals surface area contributed by atoms with Crippen LogP contribution < -0.4 is 15.0 Å². The van der Waals surface area contributed by atoms with Gasteiger partial charge in [0.05, 0.1) is 4.92 Å². The SMILES string of the molecule is Cn1nc(O[C@@H]2c3cc([N+](=O)[O-])ccc3OC(CF)(CF)[C@H]2O)ccc1=O. The summed E-state index contributed by atoms with van der Waals surface area (Å²) >= 11 is 0. The van der Waals surface area contributed by atoms with E-state index in [0.29, 0.717) is 0 Å². The quantitative estimate of drug-likeness (QED) is 0.610. The third kappa shape index (κ3) is 3.21. The minimum atomic E-state index is -2.23. The number of benzene rings is 1. The van der Waals surface area contributed by atoms with E-state index in [1.165, 1.54) is 19.2 Å². The molecule has 0 fully saturated rings. The van der Waals surface area contributed by atoms with E-state index in [1.54, 1.807) is 0 Å². The van der Waals surface area contributed by atoms with E-state index in [2.05, 4.69) is 5.10 Å². The lowest BCUT2D eigenvalue weighted by molar-refractivity contribution is -0.385. The number of hydrogen-bond donors (Lipinski definition) is 1. The van der Waals surface area contributed by atoms with Gasteiger partial charge in [-0.25, -0.2) is 13.5 Å². The van der Waals surface area contributed by atoms with Crippen LogP contribution in [0.4, 0.5) is 14.5 Å². The number of nitro benzene ring substituents is 1. The van der Waals surface area contributed by atoms with Crippen LogP contribution in [0.3, 0.4) is 0 Å². The highest BCUT2D eigenvalue weighted by Crippen LogP contribution is 2.43. The number of non-ortho nitro benzene ring substituents is 1. The Bertz CT molecular complexity index is 931. The van der Waals surface area contributed by atoms with Gasteiger partial charge in [0.1, 0.15) is 25.2 Å². The summed E-state index contributed by atoms with van der Waals surface area (Å²) in [5.74, 6) is -0.178. The van der Waals surface area contributed by atoms with Crippen LogP contribution >= 0.6 is 0 Å². The van der Waals surface area contributed by atoms with Gasteiger partial charge in [0.15, 0.2) is 11.7 Å². The zero-order valence-electron chi connectivity index (χ0n) is 14.0. The third-order valence-corrected chi connectivity index (χ3v) is 4.29. The largest absolute Gasteiger partial charge is 0.478 e. The fourth-order valence-corrected chi connectivity index (χ4v) is 2.74. The molecule has 2 heterocycles. The fourth-order valence-electron chi connectivity index (χ4n) is 2.74. The second-order valence-corrected chi connectivity index (χ2v) is 6.03. The van der Waals surface area contributed by atoms with Crippen molar-refractivity contribution >= 4 is 5.69 Å². The van der Waals surface area contributed by atoms with Crippen molar-refractivity contribution in [2.24, 2.45) is 7.05 Å². The van der Waals surface area contributed by atoms with Gasteiger partial charge in [0.25, 0.3) is 11.2 Å². The van der Waals surface area contributed by atoms with Crippen molar-refractivity contribution in [1.82, 2.24) is 9.78 Å². The molecule has 9 nitrogen and oxygen atoms in total. The number of aliphatic hydroxyl groups is 1. The Morgan fingerprint density at radius 3 is 2.67 bits per heavy atom. The molecule has 1 aromatic carbocycles. The van der Waals surface area contributed by atoms with Crippen LogP contribution in [0.5, 0.6) is 11.6 Å². The molecule has 0 saturated carbocycles. The van der Waals surface area contributed by atoms with Gasteiger partial charge in [-0.3, -0.25) is 14.9 Å². The number of halogens is 2. The summed E-state index contributed by atoms with van der Waals surface area (Å²) in [6.07, 6.45) is -3.24. The molecule has 11 heteroatoms. The van der Waals surface area contributed by atoms with Crippen LogP contribution in [0.25, 0.3) is 0 Å². The lowest BCUT2D eigenvalue weighted by Gasteiger charge is -2.42. The van der Waals surface area contributed by atoms with E-state index < -0.39 is 41.6 Å². The lowest BCUT2D eigenvalue weighted by atomic mass is 9.87. The normalized spacial score (nSPS) is 20.4. The lowest BCUT2D eigenvalue weighted by Crippen LogP contribution is -2.57. The first kappa shape index (κ1) is 18.7. The summed E-state index contributed by atoms with van der Waals surface area (Å²) < 4.78 is 39.0. The molecule has 0 spiro atoms. The van der Waals surface area contributed by atoms with Gasteiger partial charge >= 0.3 is 0 Å². The molecule has 27 heavy (non-hydrogen) atoms. The Morgan fingerprint density at radius 1 is 1.37 bits per heavy atom. The molecule has 0 saturated heterocycles. The maximum Gasteiger partial charge on any atom is 0.270 e. The summed E-state index contributed by atoms with van der Waals surface area (Å²) in [5, 5.41) is 25.4. The van der Waals surface area contributed by atoms with E-state index in [1.807, 2.05) is 0 Å². The maximum absolute atomic E-state index is 13.6. The average Bonchev–Trinajstić information content (AvgIpc) is 2.66. The van der Waals surface area contributed by atoms with Gasteiger partial charge in [-0.05, 0) is 6.07 Å². The summed E-state index contributed by atoms with van der Waals surface area (Å²) in [7, 11) is 1.36.